The minimum Gasteiger partial charge on any atom is -0.490 e. The van der Waals surface area contributed by atoms with Crippen molar-refractivity contribution in [2.75, 3.05) is 19.8 Å². The Kier molecular flexibility index (Phi) is 10.5. The highest BCUT2D eigenvalue weighted by Crippen LogP contribution is 2.18. The molecule has 0 unspecified atom stereocenters. The number of aromatic nitrogens is 2. The first kappa shape index (κ1) is 21.4. The van der Waals surface area contributed by atoms with Gasteiger partial charge in [0, 0.05) is 18.8 Å². The Morgan fingerprint density at radius 2 is 1.48 bits per heavy atom. The van der Waals surface area contributed by atoms with E-state index in [1.54, 1.807) is 12.4 Å². The molecule has 0 spiro atoms. The molecule has 1 aromatic heterocycles. The number of rotatable bonds is 14. The second kappa shape index (κ2) is 13.3. The molecular formula is C23H34N2O2. The standard InChI is InChI=1S/C23H34N2O2/c1-3-5-6-7-8-11-20-12-14-21(15-13-20)23-24-18-22(19-25-23)27-17-10-9-16-26-4-2/h12-15,18-19H,3-11,16-17H2,1-2H3. The van der Waals surface area contributed by atoms with Gasteiger partial charge in [0.05, 0.1) is 19.0 Å². The molecule has 4 nitrogen and oxygen atoms in total. The van der Waals surface area contributed by atoms with Crippen LogP contribution in [0.1, 0.15) is 64.4 Å². The van der Waals surface area contributed by atoms with Crippen LogP contribution in [0.4, 0.5) is 0 Å². The van der Waals surface area contributed by atoms with Crippen molar-refractivity contribution in [1.29, 1.82) is 0 Å². The Morgan fingerprint density at radius 3 is 2.19 bits per heavy atom. The second-order valence-corrected chi connectivity index (χ2v) is 6.86. The molecule has 2 rings (SSSR count). The van der Waals surface area contributed by atoms with E-state index in [0.29, 0.717) is 6.61 Å². The molecule has 0 saturated carbocycles. The van der Waals surface area contributed by atoms with Crippen molar-refractivity contribution >= 4 is 0 Å². The van der Waals surface area contributed by atoms with Crippen molar-refractivity contribution in [3.8, 4) is 17.1 Å². The van der Waals surface area contributed by atoms with Crippen molar-refractivity contribution in [2.45, 2.75) is 65.2 Å². The molecule has 4 heteroatoms. The van der Waals surface area contributed by atoms with E-state index in [1.807, 2.05) is 6.92 Å². The van der Waals surface area contributed by atoms with Crippen LogP contribution < -0.4 is 4.74 Å². The van der Waals surface area contributed by atoms with Gasteiger partial charge in [-0.3, -0.25) is 0 Å². The van der Waals surface area contributed by atoms with Crippen molar-refractivity contribution in [3.05, 3.63) is 42.2 Å². The first-order chi connectivity index (χ1) is 13.3. The first-order valence-electron chi connectivity index (χ1n) is 10.5. The van der Waals surface area contributed by atoms with Gasteiger partial charge in [-0.25, -0.2) is 9.97 Å². The van der Waals surface area contributed by atoms with Crippen LogP contribution in [0, 0.1) is 0 Å². The summed E-state index contributed by atoms with van der Waals surface area (Å²) in [5.41, 5.74) is 2.44. The normalized spacial score (nSPS) is 10.9. The minimum atomic E-state index is 0.669. The molecular weight excluding hydrogens is 336 g/mol. The molecule has 27 heavy (non-hydrogen) atoms. The van der Waals surface area contributed by atoms with Crippen LogP contribution in [-0.2, 0) is 11.2 Å². The number of ether oxygens (including phenoxy) is 2. The number of hydrogen-bond donors (Lipinski definition) is 0. The molecule has 0 aliphatic carbocycles. The topological polar surface area (TPSA) is 44.2 Å². The van der Waals surface area contributed by atoms with Crippen LogP contribution >= 0.6 is 0 Å². The number of hydrogen-bond acceptors (Lipinski definition) is 4. The van der Waals surface area contributed by atoms with Crippen molar-refractivity contribution < 1.29 is 9.47 Å². The predicted molar refractivity (Wildman–Crippen MR) is 111 cm³/mol. The van der Waals surface area contributed by atoms with Crippen LogP contribution in [0.25, 0.3) is 11.4 Å². The largest absolute Gasteiger partial charge is 0.490 e. The van der Waals surface area contributed by atoms with Gasteiger partial charge in [0.25, 0.3) is 0 Å². The fourth-order valence-corrected chi connectivity index (χ4v) is 2.93. The van der Waals surface area contributed by atoms with Gasteiger partial charge in [0.1, 0.15) is 0 Å². The summed E-state index contributed by atoms with van der Waals surface area (Å²) < 4.78 is 11.0. The van der Waals surface area contributed by atoms with Gasteiger partial charge < -0.3 is 9.47 Å². The number of nitrogens with zero attached hydrogens (tertiary/aromatic N) is 2. The third-order valence-corrected chi connectivity index (χ3v) is 4.57. The Bertz CT molecular complexity index is 611. The van der Waals surface area contributed by atoms with Crippen molar-refractivity contribution in [2.24, 2.45) is 0 Å². The van der Waals surface area contributed by atoms with Gasteiger partial charge in [-0.15, -0.1) is 0 Å². The number of benzene rings is 1. The maximum Gasteiger partial charge on any atom is 0.159 e. The molecule has 0 aliphatic heterocycles. The van der Waals surface area contributed by atoms with E-state index >= 15 is 0 Å². The Labute approximate surface area is 164 Å². The third-order valence-electron chi connectivity index (χ3n) is 4.57. The van der Waals surface area contributed by atoms with Gasteiger partial charge in [0.2, 0.25) is 0 Å². The molecule has 1 heterocycles. The highest BCUT2D eigenvalue weighted by Gasteiger charge is 2.03. The van der Waals surface area contributed by atoms with Gasteiger partial charge in [0.15, 0.2) is 11.6 Å². The van der Waals surface area contributed by atoms with E-state index in [1.165, 1.54) is 37.7 Å². The lowest BCUT2D eigenvalue weighted by Gasteiger charge is -2.07. The molecule has 0 bridgehead atoms. The van der Waals surface area contributed by atoms with Crippen LogP contribution in [-0.4, -0.2) is 29.8 Å². The zero-order valence-electron chi connectivity index (χ0n) is 17.0. The zero-order chi connectivity index (χ0) is 19.2. The van der Waals surface area contributed by atoms with E-state index in [4.69, 9.17) is 9.47 Å². The van der Waals surface area contributed by atoms with Crippen molar-refractivity contribution in [3.63, 3.8) is 0 Å². The fraction of sp³-hybridized carbons (Fsp3) is 0.565. The van der Waals surface area contributed by atoms with Gasteiger partial charge >= 0.3 is 0 Å². The zero-order valence-corrected chi connectivity index (χ0v) is 17.0. The summed E-state index contributed by atoms with van der Waals surface area (Å²) in [5, 5.41) is 0. The average Bonchev–Trinajstić information content (AvgIpc) is 2.71. The lowest BCUT2D eigenvalue weighted by molar-refractivity contribution is 0.138. The fourth-order valence-electron chi connectivity index (χ4n) is 2.93. The molecule has 148 valence electrons. The summed E-state index contributed by atoms with van der Waals surface area (Å²) >= 11 is 0. The summed E-state index contributed by atoms with van der Waals surface area (Å²) in [4.78, 5) is 8.88. The van der Waals surface area contributed by atoms with E-state index < -0.39 is 0 Å². The highest BCUT2D eigenvalue weighted by atomic mass is 16.5. The predicted octanol–water partition coefficient (Wildman–Crippen LogP) is 5.85. The molecule has 0 N–H and O–H groups in total. The van der Waals surface area contributed by atoms with Gasteiger partial charge in [-0.2, -0.15) is 0 Å². The lowest BCUT2D eigenvalue weighted by atomic mass is 10.0. The number of aryl methyl sites for hydroxylation is 1. The maximum atomic E-state index is 5.69. The Balaban J connectivity index is 1.74. The Morgan fingerprint density at radius 1 is 0.778 bits per heavy atom. The molecule has 0 atom stereocenters. The highest BCUT2D eigenvalue weighted by molar-refractivity contribution is 5.55. The smallest absolute Gasteiger partial charge is 0.159 e. The molecule has 0 saturated heterocycles. The van der Waals surface area contributed by atoms with Crippen LogP contribution in [0.5, 0.6) is 5.75 Å². The van der Waals surface area contributed by atoms with E-state index in [2.05, 4.69) is 41.2 Å². The van der Waals surface area contributed by atoms with E-state index in [9.17, 15) is 0 Å². The van der Waals surface area contributed by atoms with Gasteiger partial charge in [-0.05, 0) is 38.2 Å². The van der Waals surface area contributed by atoms with Crippen LogP contribution in [0.15, 0.2) is 36.7 Å². The van der Waals surface area contributed by atoms with Crippen molar-refractivity contribution in [1.82, 2.24) is 9.97 Å². The molecule has 0 amide bonds. The SMILES string of the molecule is CCCCCCCc1ccc(-c2ncc(OCCCCOCC)cn2)cc1. The maximum absolute atomic E-state index is 5.69. The molecule has 0 aliphatic rings. The van der Waals surface area contributed by atoms with Crippen LogP contribution in [0.2, 0.25) is 0 Å². The quantitative estimate of drug-likeness (QED) is 0.391. The van der Waals surface area contributed by atoms with E-state index in [-0.39, 0.29) is 0 Å². The molecule has 0 fully saturated rings. The summed E-state index contributed by atoms with van der Waals surface area (Å²) in [6.07, 6.45) is 13.2. The van der Waals surface area contributed by atoms with E-state index in [0.717, 1.165) is 49.6 Å². The Hall–Kier alpha value is -1.94. The number of unbranched alkanes of at least 4 members (excludes halogenated alkanes) is 5. The van der Waals surface area contributed by atoms with Gasteiger partial charge in [-0.1, -0.05) is 56.9 Å². The first-order valence-corrected chi connectivity index (χ1v) is 10.5. The average molecular weight is 371 g/mol. The summed E-state index contributed by atoms with van der Waals surface area (Å²) in [6, 6.07) is 8.62. The summed E-state index contributed by atoms with van der Waals surface area (Å²) in [6.45, 7) is 6.50. The summed E-state index contributed by atoms with van der Waals surface area (Å²) in [5.74, 6) is 1.46. The third kappa shape index (κ3) is 8.53. The molecule has 2 aromatic rings. The minimum absolute atomic E-state index is 0.669. The molecule has 0 radical (unpaired) electrons. The van der Waals surface area contributed by atoms with Crippen LogP contribution in [0.3, 0.4) is 0 Å². The lowest BCUT2D eigenvalue weighted by Crippen LogP contribution is -2.01. The summed E-state index contributed by atoms with van der Waals surface area (Å²) in [7, 11) is 0. The molecule has 1 aromatic carbocycles. The second-order valence-electron chi connectivity index (χ2n) is 6.86. The monoisotopic (exact) mass is 370 g/mol.